The average molecular weight is 345 g/mol. The number of fused-ring (bicyclic) bond motifs is 1. The second-order valence-corrected chi connectivity index (χ2v) is 6.96. The highest BCUT2D eigenvalue weighted by Gasteiger charge is 2.53. The quantitative estimate of drug-likeness (QED) is 0.891. The third-order valence-electron chi connectivity index (χ3n) is 5.21. The van der Waals surface area contributed by atoms with Crippen LogP contribution in [0.1, 0.15) is 30.1 Å². The number of furan rings is 1. The first-order valence-electron chi connectivity index (χ1n) is 8.72. The Bertz CT molecular complexity index is 727. The molecule has 7 heteroatoms. The van der Waals surface area contributed by atoms with Crippen LogP contribution in [0.15, 0.2) is 33.4 Å². The summed E-state index contributed by atoms with van der Waals surface area (Å²) in [6.07, 6.45) is 3.20. The van der Waals surface area contributed by atoms with Gasteiger partial charge in [0.25, 0.3) is 0 Å². The predicted molar refractivity (Wildman–Crippen MR) is 88.5 cm³/mol. The Labute approximate surface area is 146 Å². The Morgan fingerprint density at radius 3 is 3.20 bits per heavy atom. The first-order valence-corrected chi connectivity index (χ1v) is 8.72. The highest BCUT2D eigenvalue weighted by Crippen LogP contribution is 2.41. The first-order chi connectivity index (χ1) is 12.2. The van der Waals surface area contributed by atoms with Crippen LogP contribution in [0.4, 0.5) is 0 Å². The number of nitrogens with zero attached hydrogens (tertiary/aromatic N) is 2. The second kappa shape index (κ2) is 6.65. The highest BCUT2D eigenvalue weighted by molar-refractivity contribution is 5.84. The smallest absolute Gasteiger partial charge is 0.230 e. The van der Waals surface area contributed by atoms with Gasteiger partial charge in [0.1, 0.15) is 11.5 Å². The number of likely N-dealkylation sites (tertiary alicyclic amines) is 1. The molecule has 4 rings (SSSR count). The topological polar surface area (TPSA) is 80.7 Å². The normalized spacial score (nSPS) is 26.5. The monoisotopic (exact) mass is 345 g/mol. The molecule has 1 amide bonds. The Morgan fingerprint density at radius 1 is 1.52 bits per heavy atom. The van der Waals surface area contributed by atoms with Gasteiger partial charge < -0.3 is 19.0 Å². The van der Waals surface area contributed by atoms with E-state index in [4.69, 9.17) is 13.7 Å². The molecule has 0 spiro atoms. The van der Waals surface area contributed by atoms with Gasteiger partial charge in [-0.1, -0.05) is 5.16 Å². The molecule has 2 atom stereocenters. The number of carbonyl (C=O) groups is 1. The standard InChI is InChI=1S/C18H23N3O4/c1-13-9-14(20-25-13)11-21-6-4-16-18(12-21,5-8-24-16)17(22)19-10-15-3-2-7-23-15/h2-3,7,9,16H,4-6,8,10-12H2,1H3,(H,19,22)/t16-,18-/m1/s1. The zero-order valence-electron chi connectivity index (χ0n) is 14.4. The van der Waals surface area contributed by atoms with Crippen molar-refractivity contribution in [3.8, 4) is 0 Å². The number of carbonyl (C=O) groups excluding carboxylic acids is 1. The van der Waals surface area contributed by atoms with E-state index in [2.05, 4.69) is 15.4 Å². The lowest BCUT2D eigenvalue weighted by Gasteiger charge is -2.42. The van der Waals surface area contributed by atoms with Crippen molar-refractivity contribution in [1.82, 2.24) is 15.4 Å². The van der Waals surface area contributed by atoms with Crippen LogP contribution in [-0.4, -0.2) is 41.8 Å². The molecular formula is C18H23N3O4. The lowest BCUT2D eigenvalue weighted by molar-refractivity contribution is -0.139. The van der Waals surface area contributed by atoms with Crippen LogP contribution < -0.4 is 5.32 Å². The summed E-state index contributed by atoms with van der Waals surface area (Å²) in [5.74, 6) is 1.61. The molecule has 2 fully saturated rings. The molecular weight excluding hydrogens is 322 g/mol. The van der Waals surface area contributed by atoms with E-state index < -0.39 is 5.41 Å². The number of amides is 1. The summed E-state index contributed by atoms with van der Waals surface area (Å²) in [5.41, 5.74) is 0.407. The molecule has 1 N–H and O–H groups in total. The summed E-state index contributed by atoms with van der Waals surface area (Å²) in [6.45, 7) is 5.18. The van der Waals surface area contributed by atoms with Gasteiger partial charge in [-0.2, -0.15) is 0 Å². The fraction of sp³-hybridized carbons (Fsp3) is 0.556. The van der Waals surface area contributed by atoms with Crippen molar-refractivity contribution in [2.45, 2.75) is 39.0 Å². The maximum absolute atomic E-state index is 13.0. The Balaban J connectivity index is 1.45. The van der Waals surface area contributed by atoms with Crippen molar-refractivity contribution in [3.05, 3.63) is 41.7 Å². The van der Waals surface area contributed by atoms with Crippen molar-refractivity contribution in [1.29, 1.82) is 0 Å². The van der Waals surface area contributed by atoms with E-state index in [-0.39, 0.29) is 12.0 Å². The fourth-order valence-corrected chi connectivity index (χ4v) is 3.97. The molecule has 2 saturated heterocycles. The number of aromatic nitrogens is 1. The van der Waals surface area contributed by atoms with Gasteiger partial charge in [0.15, 0.2) is 0 Å². The van der Waals surface area contributed by atoms with Crippen molar-refractivity contribution in [2.24, 2.45) is 5.41 Å². The van der Waals surface area contributed by atoms with Crippen LogP contribution in [0.5, 0.6) is 0 Å². The maximum atomic E-state index is 13.0. The second-order valence-electron chi connectivity index (χ2n) is 6.96. The number of hydrogen-bond acceptors (Lipinski definition) is 6. The molecule has 134 valence electrons. The van der Waals surface area contributed by atoms with Crippen LogP contribution in [0.2, 0.25) is 0 Å². The fourth-order valence-electron chi connectivity index (χ4n) is 3.97. The summed E-state index contributed by atoms with van der Waals surface area (Å²) in [5, 5.41) is 7.10. The Hall–Kier alpha value is -2.12. The Morgan fingerprint density at radius 2 is 2.44 bits per heavy atom. The first kappa shape index (κ1) is 16.4. The van der Waals surface area contributed by atoms with Gasteiger partial charge >= 0.3 is 0 Å². The summed E-state index contributed by atoms with van der Waals surface area (Å²) < 4.78 is 16.3. The van der Waals surface area contributed by atoms with Crippen LogP contribution >= 0.6 is 0 Å². The van der Waals surface area contributed by atoms with Gasteiger partial charge in [-0.25, -0.2) is 0 Å². The number of nitrogens with one attached hydrogen (secondary N) is 1. The van der Waals surface area contributed by atoms with E-state index in [0.717, 1.165) is 36.6 Å². The molecule has 7 nitrogen and oxygen atoms in total. The number of aryl methyl sites for hydroxylation is 1. The molecule has 0 radical (unpaired) electrons. The largest absolute Gasteiger partial charge is 0.467 e. The summed E-state index contributed by atoms with van der Waals surface area (Å²) in [7, 11) is 0. The molecule has 2 aliphatic rings. The Kier molecular flexibility index (Phi) is 4.35. The van der Waals surface area contributed by atoms with Gasteiger partial charge in [-0.15, -0.1) is 0 Å². The van der Waals surface area contributed by atoms with Crippen molar-refractivity contribution >= 4 is 5.91 Å². The number of piperidine rings is 1. The lowest BCUT2D eigenvalue weighted by atomic mass is 9.75. The third-order valence-corrected chi connectivity index (χ3v) is 5.21. The van der Waals surface area contributed by atoms with E-state index in [1.54, 1.807) is 6.26 Å². The van der Waals surface area contributed by atoms with Crippen LogP contribution in [0.3, 0.4) is 0 Å². The van der Waals surface area contributed by atoms with Crippen molar-refractivity contribution in [2.75, 3.05) is 19.7 Å². The van der Waals surface area contributed by atoms with E-state index in [1.165, 1.54) is 0 Å². The summed E-state index contributed by atoms with van der Waals surface area (Å²) >= 11 is 0. The molecule has 0 unspecified atom stereocenters. The molecule has 0 aromatic carbocycles. The third kappa shape index (κ3) is 3.21. The van der Waals surface area contributed by atoms with E-state index >= 15 is 0 Å². The van der Waals surface area contributed by atoms with E-state index in [1.807, 2.05) is 25.1 Å². The molecule has 25 heavy (non-hydrogen) atoms. The predicted octanol–water partition coefficient (Wildman–Crippen LogP) is 1.87. The van der Waals surface area contributed by atoms with Gasteiger partial charge in [0, 0.05) is 32.3 Å². The zero-order chi connectivity index (χ0) is 17.3. The van der Waals surface area contributed by atoms with Gasteiger partial charge in [0.2, 0.25) is 5.91 Å². The summed E-state index contributed by atoms with van der Waals surface area (Å²) in [6, 6.07) is 5.63. The minimum atomic E-state index is -0.496. The SMILES string of the molecule is Cc1cc(CN2CC[C@H]3OCC[C@@]3(C(=O)NCc3ccco3)C2)no1. The highest BCUT2D eigenvalue weighted by atomic mass is 16.5. The van der Waals surface area contributed by atoms with Gasteiger partial charge in [-0.05, 0) is 31.9 Å². The molecule has 4 heterocycles. The minimum Gasteiger partial charge on any atom is -0.467 e. The summed E-state index contributed by atoms with van der Waals surface area (Å²) in [4.78, 5) is 15.3. The molecule has 2 aromatic heterocycles. The average Bonchev–Trinajstić information content (AvgIpc) is 3.33. The number of hydrogen-bond donors (Lipinski definition) is 1. The molecule has 2 aliphatic heterocycles. The van der Waals surface area contributed by atoms with Gasteiger partial charge in [0.05, 0.1) is 30.0 Å². The molecule has 0 aliphatic carbocycles. The van der Waals surface area contributed by atoms with Crippen LogP contribution in [-0.2, 0) is 22.6 Å². The lowest BCUT2D eigenvalue weighted by Crippen LogP contribution is -2.56. The van der Waals surface area contributed by atoms with E-state index in [0.29, 0.717) is 26.2 Å². The maximum Gasteiger partial charge on any atom is 0.230 e. The van der Waals surface area contributed by atoms with Crippen molar-refractivity contribution < 1.29 is 18.5 Å². The van der Waals surface area contributed by atoms with E-state index in [9.17, 15) is 4.79 Å². The molecule has 0 saturated carbocycles. The van der Waals surface area contributed by atoms with Crippen LogP contribution in [0, 0.1) is 12.3 Å². The number of ether oxygens (including phenoxy) is 1. The minimum absolute atomic E-state index is 0.0144. The van der Waals surface area contributed by atoms with Gasteiger partial charge in [-0.3, -0.25) is 9.69 Å². The molecule has 0 bridgehead atoms. The molecule has 2 aromatic rings. The van der Waals surface area contributed by atoms with Crippen molar-refractivity contribution in [3.63, 3.8) is 0 Å². The number of rotatable bonds is 5. The van der Waals surface area contributed by atoms with Crippen LogP contribution in [0.25, 0.3) is 0 Å². The zero-order valence-corrected chi connectivity index (χ0v) is 14.4.